The largest absolute Gasteiger partial charge is 0.364 e. The van der Waals surface area contributed by atoms with Gasteiger partial charge in [0.1, 0.15) is 5.82 Å². The van der Waals surface area contributed by atoms with Crippen molar-refractivity contribution in [3.63, 3.8) is 0 Å². The van der Waals surface area contributed by atoms with E-state index in [1.165, 1.54) is 9.88 Å². The molecular formula is C12H18N4S. The van der Waals surface area contributed by atoms with Crippen molar-refractivity contribution in [3.8, 4) is 0 Å². The second-order valence-corrected chi connectivity index (χ2v) is 5.40. The van der Waals surface area contributed by atoms with Crippen LogP contribution in [0.1, 0.15) is 36.7 Å². The van der Waals surface area contributed by atoms with E-state index in [0.717, 1.165) is 18.8 Å². The predicted octanol–water partition coefficient (Wildman–Crippen LogP) is 3.10. The summed E-state index contributed by atoms with van der Waals surface area (Å²) in [5.74, 6) is 0.921. The van der Waals surface area contributed by atoms with Crippen LogP contribution >= 0.6 is 11.3 Å². The summed E-state index contributed by atoms with van der Waals surface area (Å²) in [5.41, 5.74) is 0. The monoisotopic (exact) mass is 250 g/mol. The highest BCUT2D eigenvalue weighted by Crippen LogP contribution is 2.15. The number of nitrogens with zero attached hydrogens (tertiary/aromatic N) is 3. The quantitative estimate of drug-likeness (QED) is 0.886. The number of aryl methyl sites for hydroxylation is 1. The molecule has 0 unspecified atom stereocenters. The van der Waals surface area contributed by atoms with Crippen LogP contribution in [0.2, 0.25) is 0 Å². The van der Waals surface area contributed by atoms with Gasteiger partial charge in [-0.2, -0.15) is 5.10 Å². The van der Waals surface area contributed by atoms with Crippen molar-refractivity contribution < 1.29 is 0 Å². The van der Waals surface area contributed by atoms with Crippen LogP contribution in [0.3, 0.4) is 0 Å². The Morgan fingerprint density at radius 3 is 2.88 bits per heavy atom. The van der Waals surface area contributed by atoms with E-state index in [1.807, 2.05) is 23.1 Å². The number of hydrogen-bond acceptors (Lipinski definition) is 4. The minimum atomic E-state index is 0.403. The number of aromatic nitrogens is 3. The second-order valence-electron chi connectivity index (χ2n) is 4.20. The number of anilines is 1. The summed E-state index contributed by atoms with van der Waals surface area (Å²) in [7, 11) is 0. The lowest BCUT2D eigenvalue weighted by Gasteiger charge is -2.04. The number of thiazole rings is 1. The fraction of sp³-hybridized carbons (Fsp3) is 0.500. The summed E-state index contributed by atoms with van der Waals surface area (Å²) in [4.78, 5) is 5.58. The molecule has 0 saturated carbocycles. The first-order valence-electron chi connectivity index (χ1n) is 5.91. The minimum Gasteiger partial charge on any atom is -0.364 e. The van der Waals surface area contributed by atoms with Crippen molar-refractivity contribution in [1.29, 1.82) is 0 Å². The van der Waals surface area contributed by atoms with Crippen molar-refractivity contribution >= 4 is 17.2 Å². The molecule has 5 heteroatoms. The molecule has 2 aromatic rings. The molecule has 0 aliphatic heterocycles. The van der Waals surface area contributed by atoms with Gasteiger partial charge in [0.15, 0.2) is 0 Å². The summed E-state index contributed by atoms with van der Waals surface area (Å²) in [6, 6.07) is 2.41. The molecule has 0 radical (unpaired) electrons. The molecular weight excluding hydrogens is 232 g/mol. The van der Waals surface area contributed by atoms with Crippen LogP contribution in [0, 0.1) is 0 Å². The highest BCUT2D eigenvalue weighted by molar-refractivity contribution is 7.11. The lowest BCUT2D eigenvalue weighted by atomic mass is 10.4. The van der Waals surface area contributed by atoms with Gasteiger partial charge in [0.25, 0.3) is 0 Å². The molecule has 2 heterocycles. The maximum absolute atomic E-state index is 4.44. The van der Waals surface area contributed by atoms with E-state index in [2.05, 4.69) is 36.2 Å². The molecule has 0 fully saturated rings. The molecule has 2 rings (SSSR count). The van der Waals surface area contributed by atoms with Gasteiger partial charge in [-0.25, -0.2) is 4.98 Å². The average Bonchev–Trinajstić information content (AvgIpc) is 2.95. The van der Waals surface area contributed by atoms with Crippen LogP contribution in [0.5, 0.6) is 0 Å². The van der Waals surface area contributed by atoms with Crippen LogP contribution in [0.4, 0.5) is 5.82 Å². The molecule has 1 N–H and O–H groups in total. The number of hydrogen-bond donors (Lipinski definition) is 1. The Labute approximate surface area is 106 Å². The Morgan fingerprint density at radius 1 is 1.47 bits per heavy atom. The third kappa shape index (κ3) is 3.06. The Balaban J connectivity index is 1.92. The summed E-state index contributed by atoms with van der Waals surface area (Å²) < 4.78 is 1.95. The lowest BCUT2D eigenvalue weighted by molar-refractivity contribution is 0.534. The Bertz CT molecular complexity index is 472. The Morgan fingerprint density at radius 2 is 2.29 bits per heavy atom. The highest BCUT2D eigenvalue weighted by atomic mass is 32.1. The zero-order valence-electron chi connectivity index (χ0n) is 10.5. The van der Waals surface area contributed by atoms with Crippen LogP contribution in [-0.2, 0) is 13.0 Å². The lowest BCUT2D eigenvalue weighted by Crippen LogP contribution is -2.03. The van der Waals surface area contributed by atoms with Crippen LogP contribution < -0.4 is 5.32 Å². The minimum absolute atomic E-state index is 0.403. The smallest absolute Gasteiger partial charge is 0.148 e. The molecule has 17 heavy (non-hydrogen) atoms. The maximum Gasteiger partial charge on any atom is 0.148 e. The SMILES string of the molecule is CCc1ncc(CNc2ccn(C(C)C)n2)s1. The van der Waals surface area contributed by atoms with Gasteiger partial charge in [-0.3, -0.25) is 4.68 Å². The van der Waals surface area contributed by atoms with Crippen molar-refractivity contribution in [1.82, 2.24) is 14.8 Å². The van der Waals surface area contributed by atoms with E-state index < -0.39 is 0 Å². The first kappa shape index (κ1) is 12.1. The zero-order valence-corrected chi connectivity index (χ0v) is 11.3. The van der Waals surface area contributed by atoms with E-state index in [4.69, 9.17) is 0 Å². The normalized spacial score (nSPS) is 11.1. The molecule has 0 amide bonds. The third-order valence-corrected chi connectivity index (χ3v) is 3.63. The van der Waals surface area contributed by atoms with E-state index in [9.17, 15) is 0 Å². The average molecular weight is 250 g/mol. The predicted molar refractivity (Wildman–Crippen MR) is 71.4 cm³/mol. The van der Waals surface area contributed by atoms with Gasteiger partial charge in [-0.05, 0) is 20.3 Å². The van der Waals surface area contributed by atoms with Gasteiger partial charge < -0.3 is 5.32 Å². The molecule has 2 aromatic heterocycles. The summed E-state index contributed by atoms with van der Waals surface area (Å²) in [6.07, 6.45) is 4.94. The molecule has 4 nitrogen and oxygen atoms in total. The zero-order chi connectivity index (χ0) is 12.3. The maximum atomic E-state index is 4.44. The van der Waals surface area contributed by atoms with Gasteiger partial charge in [-0.1, -0.05) is 6.92 Å². The number of nitrogens with one attached hydrogen (secondary N) is 1. The first-order valence-corrected chi connectivity index (χ1v) is 6.73. The van der Waals surface area contributed by atoms with Crippen LogP contribution in [0.15, 0.2) is 18.5 Å². The molecule has 92 valence electrons. The van der Waals surface area contributed by atoms with Gasteiger partial charge in [-0.15, -0.1) is 11.3 Å². The van der Waals surface area contributed by atoms with Gasteiger partial charge in [0.2, 0.25) is 0 Å². The molecule has 0 aliphatic rings. The van der Waals surface area contributed by atoms with Gasteiger partial charge >= 0.3 is 0 Å². The highest BCUT2D eigenvalue weighted by Gasteiger charge is 2.03. The van der Waals surface area contributed by atoms with Crippen molar-refractivity contribution in [3.05, 3.63) is 28.3 Å². The molecule has 0 bridgehead atoms. The van der Waals surface area contributed by atoms with Crippen molar-refractivity contribution in [2.75, 3.05) is 5.32 Å². The van der Waals surface area contributed by atoms with E-state index in [-0.39, 0.29) is 0 Å². The Kier molecular flexibility index (Phi) is 3.78. The van der Waals surface area contributed by atoms with Crippen LogP contribution in [0.25, 0.3) is 0 Å². The molecule has 0 spiro atoms. The van der Waals surface area contributed by atoms with Gasteiger partial charge in [0.05, 0.1) is 11.6 Å². The van der Waals surface area contributed by atoms with E-state index >= 15 is 0 Å². The number of rotatable bonds is 5. The van der Waals surface area contributed by atoms with Crippen molar-refractivity contribution in [2.24, 2.45) is 0 Å². The van der Waals surface area contributed by atoms with Gasteiger partial charge in [0, 0.05) is 29.4 Å². The molecule has 0 aromatic carbocycles. The standard InChI is InChI=1S/C12H18N4S/c1-4-12-14-8-10(17-12)7-13-11-5-6-16(15-11)9(2)3/h5-6,8-9H,4,7H2,1-3H3,(H,13,15). The van der Waals surface area contributed by atoms with E-state index in [0.29, 0.717) is 6.04 Å². The van der Waals surface area contributed by atoms with E-state index in [1.54, 1.807) is 11.3 Å². The molecule has 0 saturated heterocycles. The Hall–Kier alpha value is -1.36. The topological polar surface area (TPSA) is 42.7 Å². The first-order chi connectivity index (χ1) is 8.19. The summed E-state index contributed by atoms with van der Waals surface area (Å²) in [6.45, 7) is 7.16. The fourth-order valence-corrected chi connectivity index (χ4v) is 2.29. The second kappa shape index (κ2) is 5.31. The van der Waals surface area contributed by atoms with Crippen LogP contribution in [-0.4, -0.2) is 14.8 Å². The van der Waals surface area contributed by atoms with Crippen molar-refractivity contribution in [2.45, 2.75) is 39.8 Å². The molecule has 0 aliphatic carbocycles. The summed E-state index contributed by atoms with van der Waals surface area (Å²) in [5, 5.41) is 8.94. The third-order valence-electron chi connectivity index (χ3n) is 2.49. The fourth-order valence-electron chi connectivity index (χ4n) is 1.49. The molecule has 0 atom stereocenters. The summed E-state index contributed by atoms with van der Waals surface area (Å²) >= 11 is 1.76.